The quantitative estimate of drug-likeness (QED) is 0.447. The molecule has 0 bridgehead atoms. The number of benzene rings is 1. The molecule has 0 saturated heterocycles. The second kappa shape index (κ2) is 8.40. The summed E-state index contributed by atoms with van der Waals surface area (Å²) in [4.78, 5) is 11.3. The molecule has 6 N–H and O–H groups in total. The molecule has 0 fully saturated rings. The molecule has 8 nitrogen and oxygen atoms in total. The average Bonchev–Trinajstić information content (AvgIpc) is 2.48. The zero-order valence-electron chi connectivity index (χ0n) is 12.8. The number of nitrogens with two attached hydrogens (primary N) is 2. The lowest BCUT2D eigenvalue weighted by Gasteiger charge is -2.09. The van der Waals surface area contributed by atoms with Gasteiger partial charge in [-0.3, -0.25) is 20.8 Å². The molecule has 1 aromatic carbocycles. The van der Waals surface area contributed by atoms with Crippen LogP contribution in [0.4, 0.5) is 0 Å². The molecule has 0 unspecified atom stereocenters. The second-order valence-electron chi connectivity index (χ2n) is 4.72. The summed E-state index contributed by atoms with van der Waals surface area (Å²) in [7, 11) is 3.34. The van der Waals surface area contributed by atoms with Gasteiger partial charge in [0, 0.05) is 14.1 Å². The molecule has 0 aromatic heterocycles. The van der Waals surface area contributed by atoms with Crippen LogP contribution in [0.2, 0.25) is 0 Å². The van der Waals surface area contributed by atoms with Gasteiger partial charge >= 0.3 is 0 Å². The molecule has 8 heteroatoms. The van der Waals surface area contributed by atoms with Gasteiger partial charge in [0.15, 0.2) is 11.9 Å². The lowest BCUT2D eigenvalue weighted by Crippen LogP contribution is -2.31. The molecule has 0 saturated carbocycles. The van der Waals surface area contributed by atoms with E-state index in [1.807, 2.05) is 24.3 Å². The Bertz CT molecular complexity index is 510. The summed E-state index contributed by atoms with van der Waals surface area (Å²) in [5.41, 5.74) is 12.7. The Morgan fingerprint density at radius 3 is 1.50 bits per heavy atom. The smallest absolute Gasteiger partial charge is 0.193 e. The highest BCUT2D eigenvalue weighted by atomic mass is 15.2. The van der Waals surface area contributed by atoms with E-state index in [-0.39, 0.29) is 11.9 Å². The Morgan fingerprint density at radius 2 is 1.23 bits per heavy atom. The maximum atomic E-state index is 7.21. The van der Waals surface area contributed by atoms with Crippen LogP contribution in [0.1, 0.15) is 11.1 Å². The van der Waals surface area contributed by atoms with E-state index in [4.69, 9.17) is 22.3 Å². The first-order chi connectivity index (χ1) is 10.4. The Hall–Kier alpha value is -2.90. The van der Waals surface area contributed by atoms with Gasteiger partial charge in [-0.25, -0.2) is 0 Å². The maximum absolute atomic E-state index is 7.21. The summed E-state index contributed by atoms with van der Waals surface area (Å²) in [5.74, 6) is -0.0972. The van der Waals surface area contributed by atoms with Crippen LogP contribution in [0.25, 0.3) is 0 Å². The molecule has 1 aromatic rings. The Labute approximate surface area is 130 Å². The highest BCUT2D eigenvalue weighted by Gasteiger charge is 1.96. The van der Waals surface area contributed by atoms with Crippen LogP contribution in [0.5, 0.6) is 0 Å². The van der Waals surface area contributed by atoms with Gasteiger partial charge in [-0.05, 0) is 11.1 Å². The monoisotopic (exact) mass is 302 g/mol. The average molecular weight is 302 g/mol. The fraction of sp³-hybridized carbons (Fsp3) is 0.286. The lowest BCUT2D eigenvalue weighted by atomic mass is 10.1. The van der Waals surface area contributed by atoms with Crippen LogP contribution in [0.15, 0.2) is 34.3 Å². The van der Waals surface area contributed by atoms with Gasteiger partial charge in [-0.2, -0.15) is 0 Å². The molecular weight excluding hydrogens is 280 g/mol. The molecule has 0 heterocycles. The van der Waals surface area contributed by atoms with E-state index in [2.05, 4.69) is 9.98 Å². The molecule has 0 atom stereocenters. The van der Waals surface area contributed by atoms with Gasteiger partial charge < -0.3 is 21.3 Å². The van der Waals surface area contributed by atoms with Crippen molar-refractivity contribution in [1.29, 1.82) is 10.8 Å². The van der Waals surface area contributed by atoms with Crippen LogP contribution in [-0.2, 0) is 13.1 Å². The molecule has 22 heavy (non-hydrogen) atoms. The van der Waals surface area contributed by atoms with Crippen molar-refractivity contribution in [3.05, 3.63) is 35.4 Å². The summed E-state index contributed by atoms with van der Waals surface area (Å²) < 4.78 is 0. The van der Waals surface area contributed by atoms with Crippen LogP contribution < -0.4 is 11.5 Å². The minimum Gasteiger partial charge on any atom is -0.370 e. The third-order valence-electron chi connectivity index (χ3n) is 2.84. The number of aliphatic imine (C=N–C) groups is 2. The van der Waals surface area contributed by atoms with Crippen LogP contribution in [0, 0.1) is 10.8 Å². The van der Waals surface area contributed by atoms with Gasteiger partial charge in [0.25, 0.3) is 0 Å². The first-order valence-electron chi connectivity index (χ1n) is 6.61. The number of nitrogens with zero attached hydrogens (tertiary/aromatic N) is 4. The van der Waals surface area contributed by atoms with Gasteiger partial charge in [0.1, 0.15) is 0 Å². The minimum atomic E-state index is -0.0486. The SMILES string of the molecule is CN(C=NCc1ccc(CN=CN(C)C(=N)N)cc1)C(=N)N. The molecule has 0 aliphatic rings. The van der Waals surface area contributed by atoms with Crippen molar-refractivity contribution in [2.45, 2.75) is 13.1 Å². The predicted octanol–water partition coefficient (Wildman–Crippen LogP) is 0.394. The largest absolute Gasteiger partial charge is 0.370 e. The number of hydrogen-bond donors (Lipinski definition) is 4. The van der Waals surface area contributed by atoms with E-state index in [1.165, 1.54) is 22.5 Å². The summed E-state index contributed by atoms with van der Waals surface area (Å²) in [5, 5.41) is 14.4. The van der Waals surface area contributed by atoms with Crippen molar-refractivity contribution in [3.63, 3.8) is 0 Å². The van der Waals surface area contributed by atoms with Crippen molar-refractivity contribution in [3.8, 4) is 0 Å². The maximum Gasteiger partial charge on any atom is 0.193 e. The van der Waals surface area contributed by atoms with Crippen molar-refractivity contribution in [2.75, 3.05) is 14.1 Å². The van der Waals surface area contributed by atoms with E-state index in [0.717, 1.165) is 11.1 Å². The van der Waals surface area contributed by atoms with Gasteiger partial charge in [-0.15, -0.1) is 0 Å². The van der Waals surface area contributed by atoms with Crippen molar-refractivity contribution < 1.29 is 0 Å². The molecule has 0 radical (unpaired) electrons. The Kier molecular flexibility index (Phi) is 6.55. The summed E-state index contributed by atoms with van der Waals surface area (Å²) in [6.45, 7) is 1.04. The normalized spacial score (nSPS) is 11.0. The third kappa shape index (κ3) is 6.04. The summed E-state index contributed by atoms with van der Waals surface area (Å²) in [6, 6.07) is 7.91. The molecule has 118 valence electrons. The number of hydrogen-bond acceptors (Lipinski definition) is 4. The highest BCUT2D eigenvalue weighted by Crippen LogP contribution is 2.06. The first kappa shape index (κ1) is 17.2. The lowest BCUT2D eigenvalue weighted by molar-refractivity contribution is 0.748. The van der Waals surface area contributed by atoms with E-state index in [0.29, 0.717) is 13.1 Å². The summed E-state index contributed by atoms with van der Waals surface area (Å²) in [6.07, 6.45) is 3.05. The molecular formula is C14H22N8. The zero-order valence-corrected chi connectivity index (χ0v) is 12.8. The topological polar surface area (TPSA) is 131 Å². The molecule has 0 aliphatic heterocycles. The van der Waals surface area contributed by atoms with Crippen molar-refractivity contribution in [1.82, 2.24) is 9.80 Å². The molecule has 0 amide bonds. The van der Waals surface area contributed by atoms with E-state index in [1.54, 1.807) is 14.1 Å². The van der Waals surface area contributed by atoms with Gasteiger partial charge in [0.2, 0.25) is 0 Å². The fourth-order valence-corrected chi connectivity index (χ4v) is 1.41. The molecule has 1 rings (SSSR count). The number of rotatable bonds is 6. The van der Waals surface area contributed by atoms with Crippen molar-refractivity contribution >= 4 is 24.6 Å². The van der Waals surface area contributed by atoms with Crippen LogP contribution in [-0.4, -0.2) is 48.5 Å². The molecule has 0 spiro atoms. The zero-order chi connectivity index (χ0) is 16.5. The van der Waals surface area contributed by atoms with E-state index >= 15 is 0 Å². The number of nitrogens with one attached hydrogen (secondary N) is 2. The standard InChI is InChI=1S/C14H22N8/c1-21(13(15)16)9-19-7-11-3-5-12(6-4-11)8-20-10-22(2)14(17)18/h3-6,9-10H,7-8H2,1-2H3,(H3,15,16)(H3,17,18). The highest BCUT2D eigenvalue weighted by molar-refractivity contribution is 5.86. The van der Waals surface area contributed by atoms with Crippen molar-refractivity contribution in [2.24, 2.45) is 21.5 Å². The Morgan fingerprint density at radius 1 is 0.909 bits per heavy atom. The van der Waals surface area contributed by atoms with Gasteiger partial charge in [0.05, 0.1) is 25.8 Å². The second-order valence-corrected chi connectivity index (χ2v) is 4.72. The first-order valence-corrected chi connectivity index (χ1v) is 6.61. The van der Waals surface area contributed by atoms with Crippen LogP contribution in [0.3, 0.4) is 0 Å². The van der Waals surface area contributed by atoms with Crippen LogP contribution >= 0.6 is 0 Å². The molecule has 0 aliphatic carbocycles. The predicted molar refractivity (Wildman–Crippen MR) is 90.2 cm³/mol. The van der Waals surface area contributed by atoms with Gasteiger partial charge in [-0.1, -0.05) is 24.3 Å². The minimum absolute atomic E-state index is 0.0486. The third-order valence-corrected chi connectivity index (χ3v) is 2.84. The Balaban J connectivity index is 2.49. The number of guanidine groups is 2. The summed E-state index contributed by atoms with van der Waals surface area (Å²) >= 11 is 0. The van der Waals surface area contributed by atoms with E-state index in [9.17, 15) is 0 Å². The van der Waals surface area contributed by atoms with E-state index < -0.39 is 0 Å². The fourth-order valence-electron chi connectivity index (χ4n) is 1.41.